The Morgan fingerprint density at radius 1 is 1.33 bits per heavy atom. The molecule has 1 aromatic rings. The van der Waals surface area contributed by atoms with Crippen LogP contribution >= 0.6 is 35.3 Å². The number of hydrogen-bond donors (Lipinski definition) is 1. The fourth-order valence-corrected chi connectivity index (χ4v) is 4.42. The third kappa shape index (κ3) is 4.35. The van der Waals surface area contributed by atoms with Crippen molar-refractivity contribution >= 4 is 41.3 Å². The lowest BCUT2D eigenvalue weighted by Crippen LogP contribution is -2.32. The molecule has 0 spiro atoms. The molecule has 3 rings (SSSR count). The first kappa shape index (κ1) is 17.1. The normalized spacial score (nSPS) is 25.1. The average molecular weight is 349 g/mol. The van der Waals surface area contributed by atoms with Gasteiger partial charge in [0, 0.05) is 29.8 Å². The highest BCUT2D eigenvalue weighted by Gasteiger charge is 2.31. The zero-order chi connectivity index (χ0) is 13.9. The third-order valence-corrected chi connectivity index (χ3v) is 5.92. The second kappa shape index (κ2) is 7.82. The van der Waals surface area contributed by atoms with Gasteiger partial charge in [0.15, 0.2) is 0 Å². The first-order chi connectivity index (χ1) is 9.72. The molecule has 2 atom stereocenters. The van der Waals surface area contributed by atoms with Crippen LogP contribution in [0.2, 0.25) is 5.02 Å². The maximum absolute atomic E-state index is 12.3. The molecule has 2 aliphatic rings. The molecule has 2 saturated heterocycles. The molecule has 0 unspecified atom stereocenters. The standard InChI is InChI=1S/C15H21ClN2OS.ClH/c16-13-7-14(20-10-13)1-2-15(19)18-5-3-11-8-17-9-12(11)4-6-18;/h7,10-12,17H,1-6,8-9H2;1H/t11-,12+;. The van der Waals surface area contributed by atoms with Crippen LogP contribution in [0.15, 0.2) is 11.4 Å². The molecule has 0 radical (unpaired) electrons. The Hall–Kier alpha value is -0.290. The van der Waals surface area contributed by atoms with Crippen molar-refractivity contribution in [2.24, 2.45) is 11.8 Å². The Labute approximate surface area is 141 Å². The van der Waals surface area contributed by atoms with E-state index in [9.17, 15) is 4.79 Å². The zero-order valence-electron chi connectivity index (χ0n) is 12.0. The fourth-order valence-electron chi connectivity index (χ4n) is 3.34. The van der Waals surface area contributed by atoms with Crippen molar-refractivity contribution < 1.29 is 4.79 Å². The number of nitrogens with zero attached hydrogens (tertiary/aromatic N) is 1. The number of carbonyl (C=O) groups is 1. The lowest BCUT2D eigenvalue weighted by Gasteiger charge is -2.20. The summed E-state index contributed by atoms with van der Waals surface area (Å²) in [5.41, 5.74) is 0. The van der Waals surface area contributed by atoms with Crippen LogP contribution in [0, 0.1) is 11.8 Å². The van der Waals surface area contributed by atoms with Gasteiger partial charge in [0.2, 0.25) is 5.91 Å². The number of fused-ring (bicyclic) bond motifs is 1. The minimum Gasteiger partial charge on any atom is -0.343 e. The number of thiophene rings is 1. The van der Waals surface area contributed by atoms with E-state index in [4.69, 9.17) is 11.6 Å². The van der Waals surface area contributed by atoms with E-state index in [1.54, 1.807) is 11.3 Å². The highest BCUT2D eigenvalue weighted by atomic mass is 35.5. The van der Waals surface area contributed by atoms with Crippen LogP contribution in [0.5, 0.6) is 0 Å². The molecular formula is C15H22Cl2N2OS. The number of carbonyl (C=O) groups excluding carboxylic acids is 1. The van der Waals surface area contributed by atoms with Gasteiger partial charge in [0.1, 0.15) is 0 Å². The van der Waals surface area contributed by atoms with Crippen molar-refractivity contribution in [1.29, 1.82) is 0 Å². The van der Waals surface area contributed by atoms with Crippen molar-refractivity contribution in [3.63, 3.8) is 0 Å². The predicted molar refractivity (Wildman–Crippen MR) is 90.6 cm³/mol. The number of halogens is 2. The first-order valence-corrected chi connectivity index (χ1v) is 8.69. The topological polar surface area (TPSA) is 32.3 Å². The Kier molecular flexibility index (Phi) is 6.35. The minimum absolute atomic E-state index is 0. The van der Waals surface area contributed by atoms with E-state index in [-0.39, 0.29) is 12.4 Å². The molecule has 0 aliphatic carbocycles. The van der Waals surface area contributed by atoms with Gasteiger partial charge in [-0.05, 0) is 50.3 Å². The van der Waals surface area contributed by atoms with Gasteiger partial charge in [0.25, 0.3) is 0 Å². The van der Waals surface area contributed by atoms with E-state index in [0.717, 1.165) is 62.3 Å². The summed E-state index contributed by atoms with van der Waals surface area (Å²) in [7, 11) is 0. The molecule has 118 valence electrons. The number of likely N-dealkylation sites (tertiary alicyclic amines) is 1. The van der Waals surface area contributed by atoms with Gasteiger partial charge in [0.05, 0.1) is 5.02 Å². The van der Waals surface area contributed by atoms with Crippen molar-refractivity contribution in [3.05, 3.63) is 21.3 Å². The first-order valence-electron chi connectivity index (χ1n) is 7.44. The summed E-state index contributed by atoms with van der Waals surface area (Å²) in [6.07, 6.45) is 3.76. The zero-order valence-corrected chi connectivity index (χ0v) is 14.4. The Morgan fingerprint density at radius 2 is 2.00 bits per heavy atom. The average Bonchev–Trinajstić information content (AvgIpc) is 3.01. The molecule has 0 saturated carbocycles. The molecule has 2 fully saturated rings. The van der Waals surface area contributed by atoms with Crippen molar-refractivity contribution in [3.8, 4) is 0 Å². The summed E-state index contributed by atoms with van der Waals surface area (Å²) in [6.45, 7) is 4.15. The van der Waals surface area contributed by atoms with Gasteiger partial charge in [-0.2, -0.15) is 0 Å². The summed E-state index contributed by atoms with van der Waals surface area (Å²) in [6, 6.07) is 1.97. The van der Waals surface area contributed by atoms with Crippen molar-refractivity contribution in [2.75, 3.05) is 26.2 Å². The van der Waals surface area contributed by atoms with Crippen LogP contribution in [0.4, 0.5) is 0 Å². The highest BCUT2D eigenvalue weighted by Crippen LogP contribution is 2.27. The van der Waals surface area contributed by atoms with Crippen molar-refractivity contribution in [1.82, 2.24) is 10.2 Å². The number of hydrogen-bond acceptors (Lipinski definition) is 3. The van der Waals surface area contributed by atoms with Gasteiger partial charge in [-0.15, -0.1) is 23.7 Å². The van der Waals surface area contributed by atoms with Crippen LogP contribution in [0.3, 0.4) is 0 Å². The van der Waals surface area contributed by atoms with Crippen LogP contribution in [0.25, 0.3) is 0 Å². The predicted octanol–water partition coefficient (Wildman–Crippen LogP) is 3.21. The lowest BCUT2D eigenvalue weighted by molar-refractivity contribution is -0.131. The van der Waals surface area contributed by atoms with Gasteiger partial charge in [-0.3, -0.25) is 4.79 Å². The summed E-state index contributed by atoms with van der Waals surface area (Å²) < 4.78 is 0. The Morgan fingerprint density at radius 3 is 2.57 bits per heavy atom. The molecule has 1 amide bonds. The van der Waals surface area contributed by atoms with Crippen LogP contribution in [0.1, 0.15) is 24.1 Å². The maximum atomic E-state index is 12.3. The molecule has 0 aromatic carbocycles. The van der Waals surface area contributed by atoms with E-state index in [1.165, 1.54) is 4.88 Å². The summed E-state index contributed by atoms with van der Waals surface area (Å²) in [5, 5.41) is 6.19. The molecule has 1 aromatic heterocycles. The lowest BCUT2D eigenvalue weighted by atomic mass is 9.92. The van der Waals surface area contributed by atoms with Gasteiger partial charge >= 0.3 is 0 Å². The second-order valence-corrected chi connectivity index (χ2v) is 7.30. The van der Waals surface area contributed by atoms with Gasteiger partial charge in [-0.1, -0.05) is 11.6 Å². The molecule has 3 nitrogen and oxygen atoms in total. The number of nitrogens with one attached hydrogen (secondary N) is 1. The Bertz CT molecular complexity index is 466. The summed E-state index contributed by atoms with van der Waals surface area (Å²) in [5.74, 6) is 1.87. The molecule has 0 bridgehead atoms. The molecule has 3 heterocycles. The number of aryl methyl sites for hydroxylation is 1. The number of amides is 1. The summed E-state index contributed by atoms with van der Waals surface area (Å²) in [4.78, 5) is 15.6. The third-order valence-electron chi connectivity index (χ3n) is 4.58. The molecular weight excluding hydrogens is 327 g/mol. The SMILES string of the molecule is Cl.O=C(CCc1cc(Cl)cs1)N1CC[C@@H]2CNC[C@@H]2CC1. The smallest absolute Gasteiger partial charge is 0.222 e. The quantitative estimate of drug-likeness (QED) is 0.909. The molecule has 21 heavy (non-hydrogen) atoms. The van der Waals surface area contributed by atoms with Crippen LogP contribution in [-0.4, -0.2) is 37.0 Å². The largest absolute Gasteiger partial charge is 0.343 e. The van der Waals surface area contributed by atoms with E-state index in [1.807, 2.05) is 11.4 Å². The van der Waals surface area contributed by atoms with Crippen LogP contribution < -0.4 is 5.32 Å². The van der Waals surface area contributed by atoms with E-state index in [0.29, 0.717) is 12.3 Å². The fraction of sp³-hybridized carbons (Fsp3) is 0.667. The van der Waals surface area contributed by atoms with E-state index in [2.05, 4.69) is 10.2 Å². The summed E-state index contributed by atoms with van der Waals surface area (Å²) >= 11 is 7.55. The molecule has 1 N–H and O–H groups in total. The van der Waals surface area contributed by atoms with Gasteiger partial charge < -0.3 is 10.2 Å². The minimum atomic E-state index is 0. The van der Waals surface area contributed by atoms with E-state index >= 15 is 0 Å². The highest BCUT2D eigenvalue weighted by molar-refractivity contribution is 7.10. The number of rotatable bonds is 3. The Balaban J connectivity index is 0.00000161. The van der Waals surface area contributed by atoms with Crippen LogP contribution in [-0.2, 0) is 11.2 Å². The molecule has 6 heteroatoms. The second-order valence-electron chi connectivity index (χ2n) is 5.87. The van der Waals surface area contributed by atoms with Gasteiger partial charge in [-0.25, -0.2) is 0 Å². The molecule has 2 aliphatic heterocycles. The van der Waals surface area contributed by atoms with Crippen molar-refractivity contribution in [2.45, 2.75) is 25.7 Å². The maximum Gasteiger partial charge on any atom is 0.222 e. The monoisotopic (exact) mass is 348 g/mol. The van der Waals surface area contributed by atoms with E-state index < -0.39 is 0 Å².